The van der Waals surface area contributed by atoms with Crippen LogP contribution >= 0.6 is 0 Å². The van der Waals surface area contributed by atoms with Gasteiger partial charge in [-0.05, 0) is 31.5 Å². The minimum atomic E-state index is -4.31. The van der Waals surface area contributed by atoms with Crippen LogP contribution in [0.5, 0.6) is 0 Å². The summed E-state index contributed by atoms with van der Waals surface area (Å²) >= 11 is 0. The number of aromatic nitrogens is 3. The highest BCUT2D eigenvalue weighted by molar-refractivity contribution is 5.30. The molecule has 0 unspecified atom stereocenters. The quantitative estimate of drug-likeness (QED) is 0.939. The highest BCUT2D eigenvalue weighted by Crippen LogP contribution is 2.29. The summed E-state index contributed by atoms with van der Waals surface area (Å²) < 4.78 is 37.2. The molecule has 2 rings (SSSR count). The Morgan fingerprint density at radius 1 is 1.00 bits per heavy atom. The average Bonchev–Trinajstić information content (AvgIpc) is 2.40. The maximum Gasteiger partial charge on any atom is 0.416 e. The van der Waals surface area contributed by atoms with E-state index in [1.165, 1.54) is 12.1 Å². The van der Waals surface area contributed by atoms with Crippen molar-refractivity contribution in [3.63, 3.8) is 0 Å². The average molecular weight is 282 g/mol. The highest BCUT2D eigenvalue weighted by Gasteiger charge is 2.29. The first-order chi connectivity index (χ1) is 9.36. The van der Waals surface area contributed by atoms with Crippen LogP contribution in [0.4, 0.5) is 19.1 Å². The molecule has 7 heteroatoms. The molecule has 20 heavy (non-hydrogen) atoms. The number of alkyl halides is 3. The number of nitrogens with zero attached hydrogens (tertiary/aromatic N) is 3. The third kappa shape index (κ3) is 3.43. The lowest BCUT2D eigenvalue weighted by molar-refractivity contribution is -0.137. The van der Waals surface area contributed by atoms with Gasteiger partial charge in [-0.1, -0.05) is 12.1 Å². The summed E-state index contributed by atoms with van der Waals surface area (Å²) in [4.78, 5) is 4.18. The number of benzene rings is 1. The smallest absolute Gasteiger partial charge is 0.349 e. The fourth-order valence-corrected chi connectivity index (χ4v) is 1.52. The van der Waals surface area contributed by atoms with E-state index in [0.717, 1.165) is 23.5 Å². The van der Waals surface area contributed by atoms with Crippen LogP contribution in [0.15, 0.2) is 24.3 Å². The second-order valence-corrected chi connectivity index (χ2v) is 4.35. The van der Waals surface area contributed by atoms with Gasteiger partial charge in [0.25, 0.3) is 0 Å². The lowest BCUT2D eigenvalue weighted by Gasteiger charge is -2.08. The van der Waals surface area contributed by atoms with Crippen LogP contribution in [0.2, 0.25) is 0 Å². The Bertz CT molecular complexity index is 594. The molecule has 1 aromatic heterocycles. The minimum absolute atomic E-state index is 0.336. The molecule has 0 amide bonds. The Morgan fingerprint density at radius 3 is 2.20 bits per heavy atom. The first kappa shape index (κ1) is 14.2. The summed E-state index contributed by atoms with van der Waals surface area (Å²) in [6, 6.07) is 4.95. The van der Waals surface area contributed by atoms with Crippen LogP contribution in [0.25, 0.3) is 0 Å². The minimum Gasteiger partial charge on any atom is -0.349 e. The van der Waals surface area contributed by atoms with Crippen LogP contribution in [0.1, 0.15) is 22.5 Å². The van der Waals surface area contributed by atoms with Crippen molar-refractivity contribution >= 4 is 5.95 Å². The SMILES string of the molecule is Cc1nnc(NCc2ccc(C(F)(F)F)cc2)nc1C. The van der Waals surface area contributed by atoms with E-state index in [0.29, 0.717) is 18.1 Å². The van der Waals surface area contributed by atoms with Crippen LogP contribution in [0, 0.1) is 13.8 Å². The number of rotatable bonds is 3. The molecule has 0 aliphatic heterocycles. The lowest BCUT2D eigenvalue weighted by atomic mass is 10.1. The molecule has 0 spiro atoms. The Morgan fingerprint density at radius 2 is 1.65 bits per heavy atom. The van der Waals surface area contributed by atoms with Gasteiger partial charge in [0.15, 0.2) is 0 Å². The van der Waals surface area contributed by atoms with Gasteiger partial charge in [0.2, 0.25) is 5.95 Å². The zero-order valence-corrected chi connectivity index (χ0v) is 11.0. The molecule has 0 bridgehead atoms. The summed E-state index contributed by atoms with van der Waals surface area (Å²) in [5.74, 6) is 0.355. The maximum atomic E-state index is 12.4. The number of anilines is 1. The molecule has 0 saturated carbocycles. The Kier molecular flexibility index (Phi) is 3.87. The van der Waals surface area contributed by atoms with Crippen LogP contribution < -0.4 is 5.32 Å². The Labute approximate surface area is 114 Å². The van der Waals surface area contributed by atoms with E-state index in [2.05, 4.69) is 20.5 Å². The van der Waals surface area contributed by atoms with E-state index in [1.807, 2.05) is 6.92 Å². The van der Waals surface area contributed by atoms with Crippen LogP contribution in [0.3, 0.4) is 0 Å². The third-order valence-electron chi connectivity index (χ3n) is 2.82. The second-order valence-electron chi connectivity index (χ2n) is 4.35. The van der Waals surface area contributed by atoms with Crippen molar-refractivity contribution in [2.45, 2.75) is 26.6 Å². The summed E-state index contributed by atoms with van der Waals surface area (Å²) in [7, 11) is 0. The van der Waals surface area contributed by atoms with Gasteiger partial charge in [-0.2, -0.15) is 18.3 Å². The van der Waals surface area contributed by atoms with Gasteiger partial charge in [0.1, 0.15) is 0 Å². The Hall–Kier alpha value is -2.18. The van der Waals surface area contributed by atoms with Gasteiger partial charge < -0.3 is 5.32 Å². The van der Waals surface area contributed by atoms with Crippen molar-refractivity contribution in [2.24, 2.45) is 0 Å². The monoisotopic (exact) mass is 282 g/mol. The van der Waals surface area contributed by atoms with Gasteiger partial charge in [0.05, 0.1) is 17.0 Å². The molecule has 0 radical (unpaired) electrons. The van der Waals surface area contributed by atoms with E-state index in [1.54, 1.807) is 6.92 Å². The number of hydrogen-bond donors (Lipinski definition) is 1. The summed E-state index contributed by atoms with van der Waals surface area (Å²) in [6.07, 6.45) is -4.31. The fourth-order valence-electron chi connectivity index (χ4n) is 1.52. The maximum absolute atomic E-state index is 12.4. The zero-order chi connectivity index (χ0) is 14.8. The fraction of sp³-hybridized carbons (Fsp3) is 0.308. The number of aryl methyl sites for hydroxylation is 2. The molecule has 106 valence electrons. The van der Waals surface area contributed by atoms with E-state index >= 15 is 0 Å². The Balaban J connectivity index is 2.02. The van der Waals surface area contributed by atoms with Crippen LogP contribution in [-0.4, -0.2) is 15.2 Å². The molecule has 0 aliphatic carbocycles. The van der Waals surface area contributed by atoms with Gasteiger partial charge in [-0.25, -0.2) is 4.98 Å². The predicted octanol–water partition coefficient (Wildman–Crippen LogP) is 3.12. The molecule has 1 heterocycles. The number of halogens is 3. The molecule has 1 aromatic carbocycles. The summed E-state index contributed by atoms with van der Waals surface area (Å²) in [6.45, 7) is 3.95. The standard InChI is InChI=1S/C13H13F3N4/c1-8-9(2)19-20-12(18-8)17-7-10-3-5-11(6-4-10)13(14,15)16/h3-6H,7H2,1-2H3,(H,17,18,20). The summed E-state index contributed by atoms with van der Waals surface area (Å²) in [5, 5.41) is 10.7. The largest absolute Gasteiger partial charge is 0.416 e. The van der Waals surface area contributed by atoms with Crippen LogP contribution in [-0.2, 0) is 12.7 Å². The van der Waals surface area contributed by atoms with Crippen molar-refractivity contribution in [1.82, 2.24) is 15.2 Å². The number of nitrogens with one attached hydrogen (secondary N) is 1. The zero-order valence-electron chi connectivity index (χ0n) is 11.0. The molecule has 0 aliphatic rings. The van der Waals surface area contributed by atoms with Crippen molar-refractivity contribution in [3.05, 3.63) is 46.8 Å². The van der Waals surface area contributed by atoms with Crippen molar-refractivity contribution in [1.29, 1.82) is 0 Å². The van der Waals surface area contributed by atoms with Gasteiger partial charge in [0, 0.05) is 6.54 Å². The third-order valence-corrected chi connectivity index (χ3v) is 2.82. The number of hydrogen-bond acceptors (Lipinski definition) is 4. The highest BCUT2D eigenvalue weighted by atomic mass is 19.4. The van der Waals surface area contributed by atoms with Gasteiger partial charge in [-0.3, -0.25) is 0 Å². The van der Waals surface area contributed by atoms with Crippen molar-refractivity contribution < 1.29 is 13.2 Å². The van der Waals surface area contributed by atoms with E-state index in [9.17, 15) is 13.2 Å². The first-order valence-corrected chi connectivity index (χ1v) is 5.94. The molecule has 0 atom stereocenters. The second kappa shape index (κ2) is 5.44. The van der Waals surface area contributed by atoms with Crippen molar-refractivity contribution in [2.75, 3.05) is 5.32 Å². The molecule has 0 saturated heterocycles. The molecular formula is C13H13F3N4. The van der Waals surface area contributed by atoms with E-state index in [-0.39, 0.29) is 0 Å². The molecule has 1 N–H and O–H groups in total. The van der Waals surface area contributed by atoms with E-state index in [4.69, 9.17) is 0 Å². The molecule has 0 fully saturated rings. The molecule has 2 aromatic rings. The van der Waals surface area contributed by atoms with Gasteiger partial charge in [-0.15, -0.1) is 5.10 Å². The first-order valence-electron chi connectivity index (χ1n) is 5.94. The topological polar surface area (TPSA) is 50.7 Å². The normalized spacial score (nSPS) is 11.4. The lowest BCUT2D eigenvalue weighted by Crippen LogP contribution is -2.08. The molecular weight excluding hydrogens is 269 g/mol. The van der Waals surface area contributed by atoms with Gasteiger partial charge >= 0.3 is 6.18 Å². The molecule has 4 nitrogen and oxygen atoms in total. The van der Waals surface area contributed by atoms with E-state index < -0.39 is 11.7 Å². The van der Waals surface area contributed by atoms with Crippen molar-refractivity contribution in [3.8, 4) is 0 Å². The summed E-state index contributed by atoms with van der Waals surface area (Å²) in [5.41, 5.74) is 1.55. The predicted molar refractivity (Wildman–Crippen MR) is 68.1 cm³/mol.